The minimum atomic E-state index is -1.81. The second-order valence-corrected chi connectivity index (χ2v) is 12.0. The summed E-state index contributed by atoms with van der Waals surface area (Å²) in [6.45, 7) is 9.84. The lowest BCUT2D eigenvalue weighted by Crippen LogP contribution is -2.52. The molecule has 2 rings (SSSR count). The number of esters is 1. The predicted octanol–water partition coefficient (Wildman–Crippen LogP) is 6.04. The molecule has 1 saturated carbocycles. The summed E-state index contributed by atoms with van der Waals surface area (Å²) >= 11 is 0. The first kappa shape index (κ1) is 34.9. The fourth-order valence-electron chi connectivity index (χ4n) is 4.61. The minimum Gasteiger partial charge on any atom is -0.480 e. The van der Waals surface area contributed by atoms with Crippen LogP contribution >= 0.6 is 0 Å². The molecule has 1 aliphatic carbocycles. The van der Waals surface area contributed by atoms with Crippen molar-refractivity contribution < 1.29 is 48.0 Å². The molecule has 1 fully saturated rings. The molecule has 0 bridgehead atoms. The largest absolute Gasteiger partial charge is 0.513 e. The third-order valence-corrected chi connectivity index (χ3v) is 7.08. The lowest BCUT2D eigenvalue weighted by molar-refractivity contribution is -0.158. The molecular formula is C31H47NO10. The van der Waals surface area contributed by atoms with Crippen molar-refractivity contribution in [2.24, 2.45) is 23.5 Å². The molecule has 0 spiro atoms. The molecule has 42 heavy (non-hydrogen) atoms. The van der Waals surface area contributed by atoms with Crippen LogP contribution in [0.15, 0.2) is 18.2 Å². The maximum absolute atomic E-state index is 12.6. The molecule has 0 aromatic heterocycles. The minimum absolute atomic E-state index is 0.109. The van der Waals surface area contributed by atoms with Crippen LogP contribution in [-0.2, 0) is 30.2 Å². The fourth-order valence-corrected chi connectivity index (χ4v) is 4.61. The molecule has 11 heteroatoms. The average molecular weight is 594 g/mol. The monoisotopic (exact) mass is 593 g/mol. The van der Waals surface area contributed by atoms with E-state index >= 15 is 0 Å². The van der Waals surface area contributed by atoms with Gasteiger partial charge in [-0.05, 0) is 62.1 Å². The number of carboxylic acids is 1. The number of rotatable bonds is 15. The predicted molar refractivity (Wildman–Crippen MR) is 154 cm³/mol. The summed E-state index contributed by atoms with van der Waals surface area (Å²) < 4.78 is 26.4. The van der Waals surface area contributed by atoms with Crippen molar-refractivity contribution in [3.8, 4) is 11.5 Å². The van der Waals surface area contributed by atoms with E-state index in [1.807, 2.05) is 27.7 Å². The third-order valence-electron chi connectivity index (χ3n) is 7.08. The Morgan fingerprint density at radius 1 is 0.881 bits per heavy atom. The Labute approximate surface area is 248 Å². The van der Waals surface area contributed by atoms with Gasteiger partial charge in [0.15, 0.2) is 11.5 Å². The summed E-state index contributed by atoms with van der Waals surface area (Å²) in [7, 11) is 0. The number of nitrogens with two attached hydrogens (primary N) is 1. The highest BCUT2D eigenvalue weighted by Gasteiger charge is 2.38. The molecule has 236 valence electrons. The fraction of sp³-hybridized carbons (Fsp3) is 0.677. The molecule has 2 atom stereocenters. The SMILES string of the molecule is CC(C)CCOC(=O)Oc1ccc(CC(N)(C[C@H](C)OC(=O)C2CCCCC2)C(=O)O)cc1OC(=O)OCCC(C)C. The molecular weight excluding hydrogens is 546 g/mol. The zero-order valence-corrected chi connectivity index (χ0v) is 25.5. The van der Waals surface area contributed by atoms with Gasteiger partial charge in [0.2, 0.25) is 0 Å². The quantitative estimate of drug-likeness (QED) is 0.139. The summed E-state index contributed by atoms with van der Waals surface area (Å²) in [5.41, 5.74) is 4.92. The van der Waals surface area contributed by atoms with Gasteiger partial charge >= 0.3 is 24.2 Å². The van der Waals surface area contributed by atoms with Gasteiger partial charge in [0.05, 0.1) is 19.1 Å². The van der Waals surface area contributed by atoms with Gasteiger partial charge in [-0.2, -0.15) is 0 Å². The van der Waals surface area contributed by atoms with Gasteiger partial charge in [-0.3, -0.25) is 9.59 Å². The number of hydrogen-bond acceptors (Lipinski definition) is 10. The van der Waals surface area contributed by atoms with Crippen LogP contribution in [0.25, 0.3) is 0 Å². The topological polar surface area (TPSA) is 161 Å². The normalized spacial score (nSPS) is 15.9. The smallest absolute Gasteiger partial charge is 0.480 e. The Kier molecular flexibility index (Phi) is 14.1. The van der Waals surface area contributed by atoms with Crippen molar-refractivity contribution in [1.82, 2.24) is 0 Å². The van der Waals surface area contributed by atoms with Crippen LogP contribution in [0.2, 0.25) is 0 Å². The molecule has 0 aliphatic heterocycles. The zero-order valence-electron chi connectivity index (χ0n) is 25.5. The van der Waals surface area contributed by atoms with Gasteiger partial charge in [0.1, 0.15) is 11.6 Å². The Morgan fingerprint density at radius 2 is 1.43 bits per heavy atom. The Balaban J connectivity index is 2.18. The molecule has 1 aromatic rings. The summed E-state index contributed by atoms with van der Waals surface area (Å²) in [6.07, 6.45) is 2.76. The van der Waals surface area contributed by atoms with Crippen LogP contribution in [0.1, 0.15) is 91.5 Å². The first-order chi connectivity index (χ1) is 19.8. The molecule has 0 saturated heterocycles. The van der Waals surface area contributed by atoms with Crippen LogP contribution in [0.3, 0.4) is 0 Å². The zero-order chi connectivity index (χ0) is 31.3. The van der Waals surface area contributed by atoms with Crippen molar-refractivity contribution in [2.45, 2.75) is 104 Å². The van der Waals surface area contributed by atoms with E-state index in [0.29, 0.717) is 30.2 Å². The van der Waals surface area contributed by atoms with Gasteiger partial charge in [-0.15, -0.1) is 0 Å². The lowest BCUT2D eigenvalue weighted by Gasteiger charge is -2.29. The maximum Gasteiger partial charge on any atom is 0.513 e. The molecule has 11 nitrogen and oxygen atoms in total. The summed E-state index contributed by atoms with van der Waals surface area (Å²) in [5.74, 6) is -1.44. The van der Waals surface area contributed by atoms with Gasteiger partial charge in [0, 0.05) is 12.8 Å². The Bertz CT molecular complexity index is 1050. The number of benzene rings is 1. The van der Waals surface area contributed by atoms with Crippen molar-refractivity contribution in [3.63, 3.8) is 0 Å². The summed E-state index contributed by atoms with van der Waals surface area (Å²) in [5, 5.41) is 10.0. The second-order valence-electron chi connectivity index (χ2n) is 12.0. The highest BCUT2D eigenvalue weighted by atomic mass is 16.7. The number of aliphatic carboxylic acids is 1. The van der Waals surface area contributed by atoms with Crippen molar-refractivity contribution in [1.29, 1.82) is 0 Å². The van der Waals surface area contributed by atoms with Gasteiger partial charge in [-0.25, -0.2) is 9.59 Å². The molecule has 0 amide bonds. The van der Waals surface area contributed by atoms with E-state index in [9.17, 15) is 24.3 Å². The first-order valence-electron chi connectivity index (χ1n) is 14.8. The number of carbonyl (C=O) groups excluding carboxylic acids is 3. The molecule has 1 aromatic carbocycles. The first-order valence-corrected chi connectivity index (χ1v) is 14.8. The van der Waals surface area contributed by atoms with Crippen LogP contribution in [0, 0.1) is 17.8 Å². The van der Waals surface area contributed by atoms with E-state index in [-0.39, 0.29) is 49.4 Å². The van der Waals surface area contributed by atoms with E-state index in [2.05, 4.69) is 0 Å². The summed E-state index contributed by atoms with van der Waals surface area (Å²) in [6, 6.07) is 4.24. The van der Waals surface area contributed by atoms with E-state index < -0.39 is 29.9 Å². The van der Waals surface area contributed by atoms with Gasteiger partial charge < -0.3 is 34.5 Å². The summed E-state index contributed by atoms with van der Waals surface area (Å²) in [4.78, 5) is 49.5. The highest BCUT2D eigenvalue weighted by Crippen LogP contribution is 2.32. The van der Waals surface area contributed by atoms with E-state index in [4.69, 9.17) is 29.4 Å². The van der Waals surface area contributed by atoms with E-state index in [1.54, 1.807) is 6.92 Å². The Hall–Kier alpha value is -3.34. The van der Waals surface area contributed by atoms with Gasteiger partial charge in [0.25, 0.3) is 0 Å². The molecule has 1 aliphatic rings. The molecule has 0 radical (unpaired) electrons. The van der Waals surface area contributed by atoms with Crippen LogP contribution < -0.4 is 15.2 Å². The number of ether oxygens (including phenoxy) is 5. The van der Waals surface area contributed by atoms with Crippen LogP contribution in [0.4, 0.5) is 9.59 Å². The van der Waals surface area contributed by atoms with Crippen molar-refractivity contribution >= 4 is 24.2 Å². The van der Waals surface area contributed by atoms with Crippen molar-refractivity contribution in [2.75, 3.05) is 13.2 Å². The molecule has 1 unspecified atom stereocenters. The lowest BCUT2D eigenvalue weighted by atomic mass is 9.86. The van der Waals surface area contributed by atoms with Crippen LogP contribution in [-0.4, -0.2) is 54.2 Å². The third kappa shape index (κ3) is 12.3. The van der Waals surface area contributed by atoms with Crippen molar-refractivity contribution in [3.05, 3.63) is 23.8 Å². The Morgan fingerprint density at radius 3 is 1.95 bits per heavy atom. The van der Waals surface area contributed by atoms with E-state index in [0.717, 1.165) is 32.1 Å². The van der Waals surface area contributed by atoms with Gasteiger partial charge in [-0.1, -0.05) is 53.0 Å². The number of carbonyl (C=O) groups is 4. The molecule has 0 heterocycles. The van der Waals surface area contributed by atoms with Crippen LogP contribution in [0.5, 0.6) is 11.5 Å². The van der Waals surface area contributed by atoms with E-state index in [1.165, 1.54) is 18.2 Å². The standard InChI is InChI=1S/C31H47NO10/c1-20(2)13-15-38-29(36)41-25-12-11-23(17-26(25)42-30(37)39-16-14-21(3)4)19-31(32,28(34)35)18-22(5)40-27(33)24-9-7-6-8-10-24/h11-12,17,20-22,24H,6-10,13-16,18-19,32H2,1-5H3,(H,34,35)/t22-,31?/m0/s1. The maximum atomic E-state index is 12.6. The second kappa shape index (κ2) is 16.9. The number of carboxylic acid groups (broad SMARTS) is 1. The number of hydrogen-bond donors (Lipinski definition) is 2. The highest BCUT2D eigenvalue weighted by molar-refractivity contribution is 5.79. The molecule has 3 N–H and O–H groups in total. The average Bonchev–Trinajstić information content (AvgIpc) is 2.90.